The van der Waals surface area contributed by atoms with E-state index in [4.69, 9.17) is 26.8 Å². The van der Waals surface area contributed by atoms with E-state index in [0.717, 1.165) is 0 Å². The van der Waals surface area contributed by atoms with Gasteiger partial charge in [-0.2, -0.15) is 0 Å². The average molecular weight is 220 g/mol. The minimum atomic E-state index is -0.0404. The minimum Gasteiger partial charge on any atom is -0.465 e. The first-order valence-electron chi connectivity index (χ1n) is 3.74. The van der Waals surface area contributed by atoms with Gasteiger partial charge in [-0.15, -0.1) is 5.23 Å². The first kappa shape index (κ1) is 11.1. The molecule has 6 heteroatoms. The maximum atomic E-state index is 8.82. The Morgan fingerprint density at radius 1 is 1.43 bits per heavy atom. The Morgan fingerprint density at radius 2 is 2.14 bits per heavy atom. The van der Waals surface area contributed by atoms with Crippen LogP contribution in [-0.4, -0.2) is 24.3 Å². The lowest BCUT2D eigenvalue weighted by molar-refractivity contribution is 0.0212. The molecular weight excluding hydrogens is 210 g/mol. The Balaban J connectivity index is 2.91. The van der Waals surface area contributed by atoms with Crippen LogP contribution in [0.2, 0.25) is 5.02 Å². The first-order valence-corrected chi connectivity index (χ1v) is 4.12. The quantitative estimate of drug-likeness (QED) is 0.598. The number of benzene rings is 1. The second-order valence-electron chi connectivity index (χ2n) is 2.45. The average Bonchev–Trinajstić information content (AvgIpc) is 2.14. The summed E-state index contributed by atoms with van der Waals surface area (Å²) in [5.41, 5.74) is 0.0893. The summed E-state index contributed by atoms with van der Waals surface area (Å²) in [5.74, 6) is 0.226. The third-order valence-corrected chi connectivity index (χ3v) is 1.70. The lowest BCUT2D eigenvalue weighted by atomic mass is 10.3. The minimum absolute atomic E-state index is 0.00117. The highest BCUT2D eigenvalue weighted by Crippen LogP contribution is 2.29. The van der Waals surface area contributed by atoms with Crippen LogP contribution in [0.1, 0.15) is 0 Å². The molecule has 5 nitrogen and oxygen atoms in total. The molecule has 0 amide bonds. The van der Waals surface area contributed by atoms with E-state index in [1.807, 2.05) is 0 Å². The van der Waals surface area contributed by atoms with Crippen molar-refractivity contribution in [1.82, 2.24) is 0 Å². The van der Waals surface area contributed by atoms with Crippen molar-refractivity contribution in [1.29, 1.82) is 0 Å². The molecule has 0 aliphatic carbocycles. The summed E-state index contributed by atoms with van der Waals surface area (Å²) in [6, 6.07) is 4.37. The molecule has 0 aliphatic heterocycles. The summed E-state index contributed by atoms with van der Waals surface area (Å²) < 4.78 is 9.73. The molecule has 0 aliphatic rings. The van der Waals surface area contributed by atoms with Crippen molar-refractivity contribution < 1.29 is 19.9 Å². The normalized spacial score (nSPS) is 10.0. The van der Waals surface area contributed by atoms with Crippen LogP contribution >= 0.6 is 11.6 Å². The standard InChI is InChI=1S/C8H10ClNO4/c1-13-5-14-8-4-6(9)2-3-7(8)10(11)12/h2-4,11-12H,5H2,1H3. The van der Waals surface area contributed by atoms with E-state index >= 15 is 0 Å². The largest absolute Gasteiger partial charge is 0.465 e. The molecule has 0 atom stereocenters. The van der Waals surface area contributed by atoms with Crippen molar-refractivity contribution in [2.75, 3.05) is 19.1 Å². The third kappa shape index (κ3) is 2.74. The van der Waals surface area contributed by atoms with Crippen LogP contribution in [0, 0.1) is 0 Å². The topological polar surface area (TPSA) is 62.2 Å². The van der Waals surface area contributed by atoms with Gasteiger partial charge in [0.1, 0.15) is 5.69 Å². The fourth-order valence-electron chi connectivity index (χ4n) is 0.891. The predicted molar refractivity (Wildman–Crippen MR) is 50.0 cm³/mol. The summed E-state index contributed by atoms with van der Waals surface area (Å²) in [4.78, 5) is 0. The maximum absolute atomic E-state index is 8.82. The van der Waals surface area contributed by atoms with Crippen LogP contribution in [-0.2, 0) is 4.74 Å². The molecule has 1 rings (SSSR count). The fraction of sp³-hybridized carbons (Fsp3) is 0.250. The van der Waals surface area contributed by atoms with E-state index < -0.39 is 0 Å². The zero-order valence-corrected chi connectivity index (χ0v) is 8.23. The van der Waals surface area contributed by atoms with Crippen LogP contribution in [0.25, 0.3) is 0 Å². The van der Waals surface area contributed by atoms with Crippen molar-refractivity contribution in [3.63, 3.8) is 0 Å². The number of hydrogen-bond acceptors (Lipinski definition) is 5. The molecule has 0 saturated heterocycles. The summed E-state index contributed by atoms with van der Waals surface area (Å²) in [6.45, 7) is 0.00117. The van der Waals surface area contributed by atoms with Gasteiger partial charge in [-0.1, -0.05) is 11.6 Å². The Morgan fingerprint density at radius 3 is 2.71 bits per heavy atom. The molecule has 78 valence electrons. The highest BCUT2D eigenvalue weighted by molar-refractivity contribution is 6.30. The lowest BCUT2D eigenvalue weighted by Crippen LogP contribution is -2.13. The summed E-state index contributed by atoms with van der Waals surface area (Å²) in [5, 5.41) is 18.0. The number of halogens is 1. The molecule has 0 aromatic heterocycles. The van der Waals surface area contributed by atoms with Gasteiger partial charge in [0.2, 0.25) is 0 Å². The van der Waals surface area contributed by atoms with Crippen molar-refractivity contribution in [3.05, 3.63) is 23.2 Å². The van der Waals surface area contributed by atoms with Gasteiger partial charge in [-0.05, 0) is 12.1 Å². The highest BCUT2D eigenvalue weighted by Gasteiger charge is 2.09. The Hall–Kier alpha value is -1.01. The molecule has 14 heavy (non-hydrogen) atoms. The van der Waals surface area contributed by atoms with E-state index in [-0.39, 0.29) is 23.5 Å². The number of anilines is 1. The van der Waals surface area contributed by atoms with Gasteiger partial charge in [0.05, 0.1) is 0 Å². The summed E-state index contributed by atoms with van der Waals surface area (Å²) in [6.07, 6.45) is 0. The number of ether oxygens (including phenoxy) is 2. The smallest absolute Gasteiger partial charge is 0.188 e. The second kappa shape index (κ2) is 5.02. The molecular formula is C8H10ClNO4. The van der Waals surface area contributed by atoms with Gasteiger partial charge in [-0.25, -0.2) is 0 Å². The number of rotatable bonds is 4. The molecule has 0 spiro atoms. The maximum Gasteiger partial charge on any atom is 0.188 e. The molecule has 0 bridgehead atoms. The Kier molecular flexibility index (Phi) is 3.97. The molecule has 0 fully saturated rings. The van der Waals surface area contributed by atoms with Gasteiger partial charge in [0.25, 0.3) is 0 Å². The number of methoxy groups -OCH3 is 1. The van der Waals surface area contributed by atoms with Crippen LogP contribution in [0.4, 0.5) is 5.69 Å². The van der Waals surface area contributed by atoms with Crippen molar-refractivity contribution in [2.45, 2.75) is 0 Å². The third-order valence-electron chi connectivity index (χ3n) is 1.47. The predicted octanol–water partition coefficient (Wildman–Crippen LogP) is 1.91. The molecule has 0 saturated carbocycles. The summed E-state index contributed by atoms with van der Waals surface area (Å²) >= 11 is 5.70. The van der Waals surface area contributed by atoms with E-state index in [1.165, 1.54) is 25.3 Å². The number of nitrogens with zero attached hydrogens (tertiary/aromatic N) is 1. The van der Waals surface area contributed by atoms with Crippen LogP contribution in [0.5, 0.6) is 5.75 Å². The van der Waals surface area contributed by atoms with Crippen molar-refractivity contribution >= 4 is 17.3 Å². The van der Waals surface area contributed by atoms with Gasteiger partial charge in [-0.3, -0.25) is 10.4 Å². The monoisotopic (exact) mass is 219 g/mol. The highest BCUT2D eigenvalue weighted by atomic mass is 35.5. The van der Waals surface area contributed by atoms with Crippen molar-refractivity contribution in [2.24, 2.45) is 0 Å². The molecule has 0 heterocycles. The second-order valence-corrected chi connectivity index (χ2v) is 2.89. The van der Waals surface area contributed by atoms with Crippen LogP contribution in [0.3, 0.4) is 0 Å². The van der Waals surface area contributed by atoms with E-state index in [2.05, 4.69) is 4.74 Å². The fourth-order valence-corrected chi connectivity index (χ4v) is 1.05. The van der Waals surface area contributed by atoms with Crippen LogP contribution in [0.15, 0.2) is 18.2 Å². The van der Waals surface area contributed by atoms with E-state index in [0.29, 0.717) is 5.02 Å². The zero-order valence-electron chi connectivity index (χ0n) is 7.48. The Labute approximate surface area is 85.9 Å². The van der Waals surface area contributed by atoms with Crippen LogP contribution < -0.4 is 9.96 Å². The van der Waals surface area contributed by atoms with Gasteiger partial charge < -0.3 is 9.47 Å². The van der Waals surface area contributed by atoms with E-state index in [9.17, 15) is 0 Å². The van der Waals surface area contributed by atoms with Gasteiger partial charge in [0, 0.05) is 18.2 Å². The molecule has 1 aromatic carbocycles. The first-order chi connectivity index (χ1) is 6.65. The molecule has 2 N–H and O–H groups in total. The Bertz CT molecular complexity index is 305. The zero-order chi connectivity index (χ0) is 10.6. The SMILES string of the molecule is COCOc1cc(Cl)ccc1N(O)O. The molecule has 0 unspecified atom stereocenters. The molecule has 0 radical (unpaired) electrons. The van der Waals surface area contributed by atoms with Gasteiger partial charge >= 0.3 is 0 Å². The summed E-state index contributed by atoms with van der Waals surface area (Å²) in [7, 11) is 1.46. The lowest BCUT2D eigenvalue weighted by Gasteiger charge is -2.13. The number of hydrogen-bond donors (Lipinski definition) is 2. The van der Waals surface area contributed by atoms with E-state index in [1.54, 1.807) is 0 Å². The van der Waals surface area contributed by atoms with Gasteiger partial charge in [0.15, 0.2) is 12.5 Å². The van der Waals surface area contributed by atoms with Crippen molar-refractivity contribution in [3.8, 4) is 5.75 Å². The molecule has 1 aromatic rings.